The van der Waals surface area contributed by atoms with Gasteiger partial charge in [-0.25, -0.2) is 4.79 Å². The molecule has 1 atom stereocenters. The van der Waals surface area contributed by atoms with E-state index in [-0.39, 0.29) is 0 Å². The summed E-state index contributed by atoms with van der Waals surface area (Å²) in [7, 11) is 0. The van der Waals surface area contributed by atoms with Gasteiger partial charge in [-0.1, -0.05) is 12.1 Å². The number of carbonyl (C=O) groups excluding carboxylic acids is 1. The molecule has 0 amide bonds. The van der Waals surface area contributed by atoms with Crippen molar-refractivity contribution < 1.29 is 14.6 Å². The van der Waals surface area contributed by atoms with Crippen molar-refractivity contribution in [2.75, 3.05) is 0 Å². The fourth-order valence-corrected chi connectivity index (χ4v) is 2.71. The summed E-state index contributed by atoms with van der Waals surface area (Å²) in [4.78, 5) is 12.2. The largest absolute Gasteiger partial charge is 0.443 e. The Kier molecular flexibility index (Phi) is 3.93. The highest BCUT2D eigenvalue weighted by molar-refractivity contribution is 9.10. The van der Waals surface area contributed by atoms with Crippen LogP contribution in [-0.2, 0) is 4.74 Å². The fourth-order valence-electron chi connectivity index (χ4n) is 2.08. The third kappa shape index (κ3) is 2.88. The molecule has 0 unspecified atom stereocenters. The molecular weight excluding hydrogens is 322 g/mol. The van der Waals surface area contributed by atoms with E-state index in [4.69, 9.17) is 4.74 Å². The first-order chi connectivity index (χ1) is 9.20. The molecule has 1 aromatic heterocycles. The summed E-state index contributed by atoms with van der Waals surface area (Å²) in [5.41, 5.74) is 0.934. The van der Waals surface area contributed by atoms with Crippen molar-refractivity contribution in [2.45, 2.75) is 39.4 Å². The van der Waals surface area contributed by atoms with Crippen LogP contribution in [0.4, 0.5) is 4.79 Å². The highest BCUT2D eigenvalue weighted by atomic mass is 79.9. The van der Waals surface area contributed by atoms with Gasteiger partial charge in [0.1, 0.15) is 5.60 Å². The van der Waals surface area contributed by atoms with Crippen LogP contribution in [0.25, 0.3) is 10.9 Å². The van der Waals surface area contributed by atoms with Crippen LogP contribution in [0.2, 0.25) is 0 Å². The third-order valence-electron chi connectivity index (χ3n) is 2.86. The van der Waals surface area contributed by atoms with Gasteiger partial charge in [0, 0.05) is 16.1 Å². The Morgan fingerprint density at radius 1 is 1.40 bits per heavy atom. The second kappa shape index (κ2) is 5.22. The molecular formula is C15H18BrNO3. The van der Waals surface area contributed by atoms with Crippen LogP contribution in [0, 0.1) is 0 Å². The van der Waals surface area contributed by atoms with Gasteiger partial charge in [-0.15, -0.1) is 0 Å². The first-order valence-electron chi connectivity index (χ1n) is 6.41. The molecule has 4 nitrogen and oxygen atoms in total. The van der Waals surface area contributed by atoms with E-state index in [0.717, 1.165) is 15.4 Å². The number of fused-ring (bicyclic) bond motifs is 1. The smallest absolute Gasteiger partial charge is 0.419 e. The zero-order valence-electron chi connectivity index (χ0n) is 12.0. The second-order valence-corrected chi connectivity index (χ2v) is 6.60. The molecule has 0 fully saturated rings. The van der Waals surface area contributed by atoms with Crippen LogP contribution in [0.3, 0.4) is 0 Å². The molecule has 0 bridgehead atoms. The maximum absolute atomic E-state index is 12.2. The van der Waals surface area contributed by atoms with E-state index < -0.39 is 17.8 Å². The number of aliphatic hydroxyl groups is 1. The highest BCUT2D eigenvalue weighted by Gasteiger charge is 2.21. The zero-order chi connectivity index (χ0) is 15.1. The van der Waals surface area contributed by atoms with E-state index in [0.29, 0.717) is 5.52 Å². The summed E-state index contributed by atoms with van der Waals surface area (Å²) in [5.74, 6) is 0. The van der Waals surface area contributed by atoms with Gasteiger partial charge in [0.25, 0.3) is 0 Å². The normalized spacial score (nSPS) is 13.5. The zero-order valence-corrected chi connectivity index (χ0v) is 13.6. The molecule has 2 rings (SSSR count). The standard InChI is InChI=1S/C15H18BrNO3/c1-9(18)10-6-5-7-12-13(10)11(16)8-17(12)14(19)20-15(2,3)4/h5-9,18H,1-4H3/t9-/m0/s1. The van der Waals surface area contributed by atoms with Gasteiger partial charge >= 0.3 is 6.09 Å². The molecule has 108 valence electrons. The molecule has 5 heteroatoms. The molecule has 0 saturated carbocycles. The van der Waals surface area contributed by atoms with Crippen molar-refractivity contribution in [2.24, 2.45) is 0 Å². The SMILES string of the molecule is C[C@H](O)c1cccc2c1c(Br)cn2C(=O)OC(C)(C)C. The highest BCUT2D eigenvalue weighted by Crippen LogP contribution is 2.32. The number of halogens is 1. The van der Waals surface area contributed by atoms with Crippen LogP contribution in [0.5, 0.6) is 0 Å². The maximum Gasteiger partial charge on any atom is 0.419 e. The minimum Gasteiger partial charge on any atom is -0.443 e. The van der Waals surface area contributed by atoms with Crippen molar-refractivity contribution in [1.82, 2.24) is 4.57 Å². The lowest BCUT2D eigenvalue weighted by Crippen LogP contribution is -2.26. The van der Waals surface area contributed by atoms with Gasteiger partial charge in [0.2, 0.25) is 0 Å². The van der Waals surface area contributed by atoms with Crippen molar-refractivity contribution in [3.8, 4) is 0 Å². The topological polar surface area (TPSA) is 51.5 Å². The van der Waals surface area contributed by atoms with Crippen molar-refractivity contribution in [1.29, 1.82) is 0 Å². The second-order valence-electron chi connectivity index (χ2n) is 5.74. The predicted molar refractivity (Wildman–Crippen MR) is 81.9 cm³/mol. The van der Waals surface area contributed by atoms with Crippen LogP contribution in [0.15, 0.2) is 28.9 Å². The Hall–Kier alpha value is -1.33. The lowest BCUT2D eigenvalue weighted by Gasteiger charge is -2.19. The molecule has 1 N–H and O–H groups in total. The van der Waals surface area contributed by atoms with Crippen LogP contribution < -0.4 is 0 Å². The molecule has 0 spiro atoms. The first kappa shape index (κ1) is 15.1. The summed E-state index contributed by atoms with van der Waals surface area (Å²) >= 11 is 3.45. The number of aromatic nitrogens is 1. The van der Waals surface area contributed by atoms with Crippen LogP contribution in [-0.4, -0.2) is 21.4 Å². The Morgan fingerprint density at radius 2 is 2.05 bits per heavy atom. The van der Waals surface area contributed by atoms with Gasteiger partial charge in [0.15, 0.2) is 0 Å². The molecule has 1 heterocycles. The summed E-state index contributed by atoms with van der Waals surface area (Å²) in [6.45, 7) is 7.18. The molecule has 0 radical (unpaired) electrons. The van der Waals surface area contributed by atoms with Crippen molar-refractivity contribution in [3.63, 3.8) is 0 Å². The van der Waals surface area contributed by atoms with Crippen LogP contribution >= 0.6 is 15.9 Å². The minimum absolute atomic E-state index is 0.434. The lowest BCUT2D eigenvalue weighted by atomic mass is 10.1. The summed E-state index contributed by atoms with van der Waals surface area (Å²) in [6.07, 6.45) is 0.630. The van der Waals surface area contributed by atoms with E-state index in [1.807, 2.05) is 39.0 Å². The molecule has 1 aromatic carbocycles. The number of aliphatic hydroxyl groups excluding tert-OH is 1. The molecule has 0 aliphatic rings. The number of hydrogen-bond donors (Lipinski definition) is 1. The molecule has 0 saturated heterocycles. The Morgan fingerprint density at radius 3 is 2.60 bits per heavy atom. The maximum atomic E-state index is 12.2. The molecule has 0 aliphatic carbocycles. The monoisotopic (exact) mass is 339 g/mol. The number of benzene rings is 1. The van der Waals surface area contributed by atoms with E-state index in [2.05, 4.69) is 15.9 Å². The summed E-state index contributed by atoms with van der Waals surface area (Å²) in [6, 6.07) is 5.49. The molecule has 2 aromatic rings. The van der Waals surface area contributed by atoms with E-state index in [1.54, 1.807) is 13.1 Å². The van der Waals surface area contributed by atoms with Gasteiger partial charge in [-0.3, -0.25) is 4.57 Å². The third-order valence-corrected chi connectivity index (χ3v) is 3.46. The van der Waals surface area contributed by atoms with E-state index >= 15 is 0 Å². The Labute approximate surface area is 126 Å². The number of nitrogens with zero attached hydrogens (tertiary/aromatic N) is 1. The predicted octanol–water partition coefficient (Wildman–Crippen LogP) is 4.24. The quantitative estimate of drug-likeness (QED) is 0.845. The van der Waals surface area contributed by atoms with E-state index in [9.17, 15) is 9.90 Å². The van der Waals surface area contributed by atoms with Gasteiger partial charge in [-0.05, 0) is 55.3 Å². The number of hydrogen-bond acceptors (Lipinski definition) is 3. The summed E-state index contributed by atoms with van der Waals surface area (Å²) < 4.78 is 7.60. The van der Waals surface area contributed by atoms with Crippen molar-refractivity contribution >= 4 is 32.9 Å². The van der Waals surface area contributed by atoms with E-state index in [1.165, 1.54) is 4.57 Å². The van der Waals surface area contributed by atoms with Gasteiger partial charge in [0.05, 0.1) is 11.6 Å². The number of carbonyl (C=O) groups is 1. The molecule has 0 aliphatic heterocycles. The van der Waals surface area contributed by atoms with Crippen molar-refractivity contribution in [3.05, 3.63) is 34.4 Å². The first-order valence-corrected chi connectivity index (χ1v) is 7.21. The average molecular weight is 340 g/mol. The lowest BCUT2D eigenvalue weighted by molar-refractivity contribution is 0.0544. The summed E-state index contributed by atoms with van der Waals surface area (Å²) in [5, 5.41) is 10.7. The van der Waals surface area contributed by atoms with Gasteiger partial charge < -0.3 is 9.84 Å². The fraction of sp³-hybridized carbons (Fsp3) is 0.400. The average Bonchev–Trinajstić information content (AvgIpc) is 2.65. The molecule has 20 heavy (non-hydrogen) atoms. The Balaban J connectivity index is 2.57. The minimum atomic E-state index is -0.607. The number of ether oxygens (including phenoxy) is 1. The number of rotatable bonds is 1. The van der Waals surface area contributed by atoms with Gasteiger partial charge in [-0.2, -0.15) is 0 Å². The Bertz CT molecular complexity index is 653. The van der Waals surface area contributed by atoms with Crippen LogP contribution in [0.1, 0.15) is 39.4 Å².